The molecule has 4 rings (SSSR count). The minimum Gasteiger partial charge on any atom is -0.431 e. The van der Waals surface area contributed by atoms with Crippen LogP contribution in [0.5, 0.6) is 0 Å². The highest BCUT2D eigenvalue weighted by molar-refractivity contribution is 5.60. The average Bonchev–Trinajstić information content (AvgIpc) is 3.25. The van der Waals surface area contributed by atoms with Gasteiger partial charge in [0, 0.05) is 6.42 Å². The zero-order valence-electron chi connectivity index (χ0n) is 27.9. The monoisotopic (exact) mass is 566 g/mol. The molecule has 3 saturated carbocycles. The van der Waals surface area contributed by atoms with Crippen LogP contribution in [-0.2, 0) is 9.47 Å². The van der Waals surface area contributed by atoms with E-state index >= 15 is 0 Å². The first-order valence-corrected chi connectivity index (χ1v) is 17.3. The van der Waals surface area contributed by atoms with E-state index in [1.165, 1.54) is 62.5 Å². The van der Waals surface area contributed by atoms with Crippen LogP contribution in [0.3, 0.4) is 0 Å². The zero-order valence-corrected chi connectivity index (χ0v) is 27.9. The summed E-state index contributed by atoms with van der Waals surface area (Å²) >= 11 is 0. The van der Waals surface area contributed by atoms with Crippen LogP contribution in [0.1, 0.15) is 139 Å². The quantitative estimate of drug-likeness (QED) is 0.184. The highest BCUT2D eigenvalue weighted by Crippen LogP contribution is 2.67. The molecule has 232 valence electrons. The van der Waals surface area contributed by atoms with E-state index in [0.29, 0.717) is 12.0 Å². The van der Waals surface area contributed by atoms with Gasteiger partial charge in [-0.2, -0.15) is 0 Å². The second kappa shape index (κ2) is 13.9. The minimum absolute atomic E-state index is 0.0440. The largest absolute Gasteiger partial charge is 0.508 e. The molecule has 0 heterocycles. The standard InChI is InChI=1S/C38H62O3/c1-26(2)11-9-13-28(5)21-24-40-36(39)41-31-19-22-37(7)30(25-31)15-16-32-34-18-17-33(29(6)14-10-12-27(3)4)38(34,8)23-20-35(32)37/h11,15,21,27,29,31-35H,9-10,12-14,16-20,22-25H2,1-8H3/b28-21+/t29-,31-,32+,33-,34+,35+,37+,38-/m1/s1. The van der Waals surface area contributed by atoms with Gasteiger partial charge in [-0.1, -0.05) is 82.8 Å². The van der Waals surface area contributed by atoms with Crippen molar-refractivity contribution in [1.82, 2.24) is 0 Å². The lowest BCUT2D eigenvalue weighted by molar-refractivity contribution is -0.0613. The van der Waals surface area contributed by atoms with E-state index in [4.69, 9.17) is 9.47 Å². The van der Waals surface area contributed by atoms with Crippen LogP contribution in [0.25, 0.3) is 0 Å². The molecule has 0 bridgehead atoms. The number of allylic oxidation sites excluding steroid dienone is 4. The molecule has 8 atom stereocenters. The van der Waals surface area contributed by atoms with Crippen LogP contribution in [0, 0.1) is 46.3 Å². The van der Waals surface area contributed by atoms with E-state index < -0.39 is 6.16 Å². The first-order valence-electron chi connectivity index (χ1n) is 17.3. The fourth-order valence-electron chi connectivity index (χ4n) is 9.87. The molecule has 0 aliphatic heterocycles. The number of hydrogen-bond acceptors (Lipinski definition) is 3. The van der Waals surface area contributed by atoms with Crippen LogP contribution in [0.4, 0.5) is 4.79 Å². The Hall–Kier alpha value is -1.51. The van der Waals surface area contributed by atoms with Crippen molar-refractivity contribution in [3.8, 4) is 0 Å². The van der Waals surface area contributed by atoms with Crippen molar-refractivity contribution in [2.45, 2.75) is 145 Å². The number of carbonyl (C=O) groups is 1. The number of hydrogen-bond donors (Lipinski definition) is 0. The molecule has 0 unspecified atom stereocenters. The van der Waals surface area contributed by atoms with Crippen LogP contribution < -0.4 is 0 Å². The van der Waals surface area contributed by atoms with Gasteiger partial charge in [0.05, 0.1) is 0 Å². The average molecular weight is 567 g/mol. The highest BCUT2D eigenvalue weighted by Gasteiger charge is 2.59. The molecule has 41 heavy (non-hydrogen) atoms. The molecule has 0 N–H and O–H groups in total. The van der Waals surface area contributed by atoms with Gasteiger partial charge in [0.2, 0.25) is 0 Å². The molecule has 0 saturated heterocycles. The van der Waals surface area contributed by atoms with Gasteiger partial charge in [0.15, 0.2) is 0 Å². The van der Waals surface area contributed by atoms with Crippen molar-refractivity contribution in [2.75, 3.05) is 6.61 Å². The van der Waals surface area contributed by atoms with E-state index in [9.17, 15) is 4.79 Å². The minimum atomic E-state index is -0.505. The topological polar surface area (TPSA) is 35.5 Å². The van der Waals surface area contributed by atoms with E-state index in [1.807, 2.05) is 6.08 Å². The Balaban J connectivity index is 1.30. The molecular weight excluding hydrogens is 504 g/mol. The van der Waals surface area contributed by atoms with E-state index in [-0.39, 0.29) is 11.5 Å². The summed E-state index contributed by atoms with van der Waals surface area (Å²) < 4.78 is 11.3. The first kappa shape index (κ1) is 32.4. The number of fused-ring (bicyclic) bond motifs is 5. The lowest BCUT2D eigenvalue weighted by atomic mass is 9.47. The summed E-state index contributed by atoms with van der Waals surface area (Å²) in [5, 5.41) is 0. The van der Waals surface area contributed by atoms with Gasteiger partial charge in [-0.3, -0.25) is 0 Å². The lowest BCUT2D eigenvalue weighted by Crippen LogP contribution is -2.51. The molecule has 4 aliphatic rings. The second-order valence-corrected chi connectivity index (χ2v) is 15.7. The van der Waals surface area contributed by atoms with Gasteiger partial charge in [0.1, 0.15) is 12.7 Å². The van der Waals surface area contributed by atoms with Gasteiger partial charge in [-0.05, 0) is 131 Å². The van der Waals surface area contributed by atoms with Crippen molar-refractivity contribution in [2.24, 2.45) is 46.3 Å². The Morgan fingerprint density at radius 3 is 2.51 bits per heavy atom. The molecule has 0 amide bonds. The summed E-state index contributed by atoms with van der Waals surface area (Å²) in [4.78, 5) is 12.5. The predicted octanol–water partition coefficient (Wildman–Crippen LogP) is 11.2. The summed E-state index contributed by atoms with van der Waals surface area (Å²) in [6, 6.07) is 0. The molecule has 0 radical (unpaired) electrons. The Morgan fingerprint density at radius 1 is 1.00 bits per heavy atom. The second-order valence-electron chi connectivity index (χ2n) is 15.7. The summed E-state index contributed by atoms with van der Waals surface area (Å²) in [6.45, 7) is 19.2. The highest BCUT2D eigenvalue weighted by atomic mass is 16.7. The third-order valence-electron chi connectivity index (χ3n) is 12.2. The van der Waals surface area contributed by atoms with Crippen molar-refractivity contribution < 1.29 is 14.3 Å². The van der Waals surface area contributed by atoms with Gasteiger partial charge in [-0.15, -0.1) is 0 Å². The van der Waals surface area contributed by atoms with Crippen molar-refractivity contribution in [1.29, 1.82) is 0 Å². The molecule has 3 nitrogen and oxygen atoms in total. The molecule has 0 aromatic rings. The third-order valence-corrected chi connectivity index (χ3v) is 12.2. The van der Waals surface area contributed by atoms with Gasteiger partial charge >= 0.3 is 6.16 Å². The SMILES string of the molecule is CC(C)=CCC/C(C)=C/COC(=O)O[C@@H]1CC[C@@]2(C)C(=CC[C@H]3[C@@H]4CC[C@H]([C@H](C)CCCC(C)C)[C@@]4(C)CC[C@@H]32)C1. The summed E-state index contributed by atoms with van der Waals surface area (Å²) in [7, 11) is 0. The van der Waals surface area contributed by atoms with Crippen LogP contribution in [0.2, 0.25) is 0 Å². The predicted molar refractivity (Wildman–Crippen MR) is 172 cm³/mol. The van der Waals surface area contributed by atoms with Gasteiger partial charge < -0.3 is 9.47 Å². The van der Waals surface area contributed by atoms with E-state index in [2.05, 4.69) is 67.5 Å². The maximum absolute atomic E-state index is 12.5. The lowest BCUT2D eigenvalue weighted by Gasteiger charge is -2.58. The van der Waals surface area contributed by atoms with E-state index in [0.717, 1.165) is 67.6 Å². The van der Waals surface area contributed by atoms with Crippen LogP contribution in [0.15, 0.2) is 34.9 Å². The molecule has 3 heteroatoms. The number of carbonyl (C=O) groups excluding carboxylic acids is 1. The zero-order chi connectivity index (χ0) is 29.8. The Morgan fingerprint density at radius 2 is 1.78 bits per heavy atom. The smallest absolute Gasteiger partial charge is 0.431 e. The number of ether oxygens (including phenoxy) is 2. The van der Waals surface area contributed by atoms with Crippen molar-refractivity contribution in [3.05, 3.63) is 34.9 Å². The molecular formula is C38H62O3. The molecule has 3 fully saturated rings. The Labute approximate surface area is 253 Å². The summed E-state index contributed by atoms with van der Waals surface area (Å²) in [6.07, 6.45) is 22.4. The summed E-state index contributed by atoms with van der Waals surface area (Å²) in [5.74, 6) is 5.11. The normalized spacial score (nSPS) is 35.6. The Kier molecular flexibility index (Phi) is 10.9. The van der Waals surface area contributed by atoms with Crippen molar-refractivity contribution >= 4 is 6.16 Å². The van der Waals surface area contributed by atoms with Gasteiger partial charge in [-0.25, -0.2) is 4.79 Å². The van der Waals surface area contributed by atoms with Crippen molar-refractivity contribution in [3.63, 3.8) is 0 Å². The molecule has 0 aromatic carbocycles. The Bertz CT molecular complexity index is 983. The molecule has 0 spiro atoms. The molecule has 4 aliphatic carbocycles. The van der Waals surface area contributed by atoms with E-state index in [1.54, 1.807) is 5.57 Å². The first-order chi connectivity index (χ1) is 19.4. The maximum Gasteiger partial charge on any atom is 0.508 e. The fraction of sp³-hybridized carbons (Fsp3) is 0.816. The third kappa shape index (κ3) is 7.53. The molecule has 0 aromatic heterocycles. The summed E-state index contributed by atoms with van der Waals surface area (Å²) in [5.41, 5.74) is 4.97. The van der Waals surface area contributed by atoms with Crippen LogP contribution in [-0.4, -0.2) is 18.9 Å². The number of rotatable bonds is 11. The van der Waals surface area contributed by atoms with Crippen LogP contribution >= 0.6 is 0 Å². The fourth-order valence-corrected chi connectivity index (χ4v) is 9.87. The maximum atomic E-state index is 12.5. The van der Waals surface area contributed by atoms with Gasteiger partial charge in [0.25, 0.3) is 0 Å².